The summed E-state index contributed by atoms with van der Waals surface area (Å²) in [6.07, 6.45) is -2.28. The molecule has 4 N–H and O–H groups in total. The summed E-state index contributed by atoms with van der Waals surface area (Å²) in [5.74, 6) is -0.117. The van der Waals surface area contributed by atoms with Gasteiger partial charge in [0.25, 0.3) is 0 Å². The highest BCUT2D eigenvalue weighted by Crippen LogP contribution is 2.39. The molecule has 0 aromatic carbocycles. The van der Waals surface area contributed by atoms with Crippen molar-refractivity contribution in [3.8, 4) is 0 Å². The lowest BCUT2D eigenvalue weighted by atomic mass is 10.0. The molecule has 5 atom stereocenters. The zero-order chi connectivity index (χ0) is 14.2. The van der Waals surface area contributed by atoms with Gasteiger partial charge in [-0.2, -0.15) is 0 Å². The average Bonchev–Trinajstić information content (AvgIpc) is 2.85. The highest BCUT2D eigenvalue weighted by molar-refractivity contribution is 8.00. The number of hydrogen-bond acceptors (Lipinski definition) is 7. The van der Waals surface area contributed by atoms with E-state index in [0.29, 0.717) is 12.1 Å². The molecule has 1 saturated heterocycles. The standard InChI is InChI=1S/C12H22N2O4S/c1-4-6(15)10-9(17)8(16)7-11(18-10)19-12(13-7)14(3)5-2/h6,9-13,15-17H,4-5H2,1-3H3/t6-,9-,10-,11-,12?/m1/s1. The van der Waals surface area contributed by atoms with E-state index in [-0.39, 0.29) is 16.7 Å². The molecule has 0 aromatic rings. The van der Waals surface area contributed by atoms with Crippen LogP contribution in [0.15, 0.2) is 11.5 Å². The van der Waals surface area contributed by atoms with E-state index in [2.05, 4.69) is 10.2 Å². The van der Waals surface area contributed by atoms with Crippen LogP contribution in [0, 0.1) is 0 Å². The van der Waals surface area contributed by atoms with Gasteiger partial charge in [-0.05, 0) is 20.0 Å². The lowest BCUT2D eigenvalue weighted by molar-refractivity contribution is -0.114. The highest BCUT2D eigenvalue weighted by Gasteiger charge is 2.45. The zero-order valence-corrected chi connectivity index (χ0v) is 12.2. The van der Waals surface area contributed by atoms with Crippen molar-refractivity contribution in [1.29, 1.82) is 0 Å². The van der Waals surface area contributed by atoms with Gasteiger partial charge in [0.2, 0.25) is 0 Å². The van der Waals surface area contributed by atoms with E-state index in [1.165, 1.54) is 11.8 Å². The largest absolute Gasteiger partial charge is 0.507 e. The number of fused-ring (bicyclic) bond motifs is 1. The molecule has 1 unspecified atom stereocenters. The van der Waals surface area contributed by atoms with E-state index in [1.807, 2.05) is 20.9 Å². The Morgan fingerprint density at radius 1 is 1.47 bits per heavy atom. The first-order valence-electron chi connectivity index (χ1n) is 6.56. The molecule has 0 amide bonds. The van der Waals surface area contributed by atoms with Crippen molar-refractivity contribution in [1.82, 2.24) is 10.2 Å². The maximum absolute atomic E-state index is 10.1. The Hall–Kier alpha value is -0.470. The normalized spacial score (nSPS) is 36.3. The van der Waals surface area contributed by atoms with E-state index >= 15 is 0 Å². The Kier molecular flexibility index (Phi) is 4.62. The molecule has 110 valence electrons. The molecule has 7 heteroatoms. The Morgan fingerprint density at radius 2 is 2.16 bits per heavy atom. The van der Waals surface area contributed by atoms with Gasteiger partial charge in [-0.15, -0.1) is 0 Å². The Balaban J connectivity index is 2.16. The van der Waals surface area contributed by atoms with E-state index in [1.54, 1.807) is 0 Å². The molecule has 6 nitrogen and oxygen atoms in total. The minimum absolute atomic E-state index is 0.00290. The van der Waals surface area contributed by atoms with Crippen LogP contribution in [0.5, 0.6) is 0 Å². The van der Waals surface area contributed by atoms with Crippen LogP contribution in [0.3, 0.4) is 0 Å². The summed E-state index contributed by atoms with van der Waals surface area (Å²) in [6, 6.07) is 0. The van der Waals surface area contributed by atoms with E-state index < -0.39 is 18.3 Å². The molecular formula is C12H22N2O4S. The van der Waals surface area contributed by atoms with Gasteiger partial charge in [0.1, 0.15) is 28.9 Å². The highest BCUT2D eigenvalue weighted by atomic mass is 32.2. The van der Waals surface area contributed by atoms with Gasteiger partial charge < -0.3 is 25.4 Å². The summed E-state index contributed by atoms with van der Waals surface area (Å²) >= 11 is 1.52. The third kappa shape index (κ3) is 2.71. The SMILES string of the molecule is CC[C@@H](O)[C@H]1O[C@@H]2SC(N(C)CC)NC2=C(O)[C@H]1O. The van der Waals surface area contributed by atoms with Gasteiger partial charge in [0.05, 0.1) is 11.8 Å². The number of nitrogens with one attached hydrogen (secondary N) is 1. The minimum Gasteiger partial charge on any atom is -0.507 e. The van der Waals surface area contributed by atoms with Gasteiger partial charge in [0.15, 0.2) is 0 Å². The number of thioether (sulfide) groups is 1. The van der Waals surface area contributed by atoms with Crippen LogP contribution < -0.4 is 5.32 Å². The molecule has 1 fully saturated rings. The number of ether oxygens (including phenoxy) is 1. The zero-order valence-electron chi connectivity index (χ0n) is 11.4. The Labute approximate surface area is 117 Å². The number of hydrogen-bond donors (Lipinski definition) is 4. The number of aliphatic hydroxyl groups excluding tert-OH is 3. The third-order valence-electron chi connectivity index (χ3n) is 3.61. The second-order valence-corrected chi connectivity index (χ2v) is 6.00. The summed E-state index contributed by atoms with van der Waals surface area (Å²) in [4.78, 5) is 2.07. The fourth-order valence-corrected chi connectivity index (χ4v) is 3.46. The van der Waals surface area contributed by atoms with Gasteiger partial charge in [-0.1, -0.05) is 25.6 Å². The molecule has 0 saturated carbocycles. The molecule has 2 aliphatic heterocycles. The first-order valence-corrected chi connectivity index (χ1v) is 7.50. The second kappa shape index (κ2) is 5.88. The van der Waals surface area contributed by atoms with Crippen LogP contribution in [0.25, 0.3) is 0 Å². The maximum Gasteiger partial charge on any atom is 0.150 e. The van der Waals surface area contributed by atoms with Gasteiger partial charge in [-0.25, -0.2) is 0 Å². The second-order valence-electron chi connectivity index (χ2n) is 4.86. The summed E-state index contributed by atoms with van der Waals surface area (Å²) < 4.78 is 5.73. The first-order chi connectivity index (χ1) is 8.99. The monoisotopic (exact) mass is 290 g/mol. The lowest BCUT2D eigenvalue weighted by Gasteiger charge is -2.33. The van der Waals surface area contributed by atoms with Crippen molar-refractivity contribution in [2.24, 2.45) is 0 Å². The molecule has 0 radical (unpaired) electrons. The van der Waals surface area contributed by atoms with Gasteiger partial charge >= 0.3 is 0 Å². The maximum atomic E-state index is 10.1. The van der Waals surface area contributed by atoms with Crippen molar-refractivity contribution in [2.45, 2.75) is 49.5 Å². The molecule has 2 heterocycles. The van der Waals surface area contributed by atoms with E-state index in [4.69, 9.17) is 4.74 Å². The summed E-state index contributed by atoms with van der Waals surface area (Å²) in [6.45, 7) is 4.71. The lowest BCUT2D eigenvalue weighted by Crippen LogP contribution is -2.47. The van der Waals surface area contributed by atoms with Crippen molar-refractivity contribution in [3.05, 3.63) is 11.5 Å². The van der Waals surface area contributed by atoms with Crippen molar-refractivity contribution < 1.29 is 20.1 Å². The molecule has 2 rings (SSSR count). The van der Waals surface area contributed by atoms with Crippen LogP contribution in [-0.4, -0.2) is 63.1 Å². The molecule has 0 aromatic heterocycles. The Bertz CT molecular complexity index is 366. The van der Waals surface area contributed by atoms with Crippen LogP contribution in [0.4, 0.5) is 0 Å². The summed E-state index contributed by atoms with van der Waals surface area (Å²) in [5.41, 5.74) is 0.146. The van der Waals surface area contributed by atoms with E-state index in [0.717, 1.165) is 6.54 Å². The van der Waals surface area contributed by atoms with Gasteiger partial charge in [0, 0.05) is 0 Å². The predicted molar refractivity (Wildman–Crippen MR) is 73.4 cm³/mol. The molecule has 0 aliphatic carbocycles. The van der Waals surface area contributed by atoms with Crippen molar-refractivity contribution >= 4 is 11.8 Å². The quantitative estimate of drug-likeness (QED) is 0.588. The number of nitrogens with zero attached hydrogens (tertiary/aromatic N) is 1. The van der Waals surface area contributed by atoms with E-state index in [9.17, 15) is 15.3 Å². The predicted octanol–water partition coefficient (Wildman–Crippen LogP) is 0.184. The molecule has 0 spiro atoms. The fourth-order valence-electron chi connectivity index (χ4n) is 2.16. The molecular weight excluding hydrogens is 268 g/mol. The van der Waals surface area contributed by atoms with Crippen LogP contribution in [-0.2, 0) is 4.74 Å². The van der Waals surface area contributed by atoms with Crippen LogP contribution in [0.2, 0.25) is 0 Å². The van der Waals surface area contributed by atoms with Gasteiger partial charge in [-0.3, -0.25) is 4.90 Å². The van der Waals surface area contributed by atoms with Crippen LogP contribution in [0.1, 0.15) is 20.3 Å². The summed E-state index contributed by atoms with van der Waals surface area (Å²) in [7, 11) is 1.97. The number of rotatable bonds is 4. The number of aliphatic hydroxyl groups is 3. The van der Waals surface area contributed by atoms with Crippen LogP contribution >= 0.6 is 11.8 Å². The topological polar surface area (TPSA) is 85.2 Å². The third-order valence-corrected chi connectivity index (χ3v) is 4.94. The molecule has 0 bridgehead atoms. The van der Waals surface area contributed by atoms with Crippen molar-refractivity contribution in [3.63, 3.8) is 0 Å². The molecule has 19 heavy (non-hydrogen) atoms. The minimum atomic E-state index is -1.18. The average molecular weight is 290 g/mol. The smallest absolute Gasteiger partial charge is 0.150 e. The Morgan fingerprint density at radius 3 is 2.74 bits per heavy atom. The van der Waals surface area contributed by atoms with Crippen molar-refractivity contribution in [2.75, 3.05) is 13.6 Å². The molecule has 2 aliphatic rings. The fraction of sp³-hybridized carbons (Fsp3) is 0.833. The first kappa shape index (κ1) is 14.9. The summed E-state index contributed by atoms with van der Waals surface area (Å²) in [5, 5.41) is 33.1.